The molecule has 0 unspecified atom stereocenters. The molecule has 1 aromatic rings. The Bertz CT molecular complexity index is 620. The van der Waals surface area contributed by atoms with E-state index in [9.17, 15) is 23.4 Å². The fourth-order valence-corrected chi connectivity index (χ4v) is 3.85. The van der Waals surface area contributed by atoms with Gasteiger partial charge in [-0.2, -0.15) is 0 Å². The minimum Gasteiger partial charge on any atom is -0.478 e. The number of aliphatic hydroxyl groups is 2. The third kappa shape index (κ3) is 3.26. The van der Waals surface area contributed by atoms with E-state index in [-0.39, 0.29) is 17.9 Å². The normalized spacial score (nSPS) is 12.6. The SMILES string of the molecule is CCC(CO)(CO)NS(=O)(=O)c1c(C)oc(C)c1C(=O)O. The molecule has 0 fully saturated rings. The van der Waals surface area contributed by atoms with Crippen LogP contribution >= 0.6 is 0 Å². The monoisotopic (exact) mass is 321 g/mol. The summed E-state index contributed by atoms with van der Waals surface area (Å²) >= 11 is 0. The van der Waals surface area contributed by atoms with Gasteiger partial charge < -0.3 is 19.7 Å². The quantitative estimate of drug-likeness (QED) is 0.555. The van der Waals surface area contributed by atoms with Gasteiger partial charge in [-0.3, -0.25) is 0 Å². The molecule has 0 saturated heterocycles. The molecule has 0 radical (unpaired) electrons. The Hall–Kier alpha value is -1.42. The van der Waals surface area contributed by atoms with Gasteiger partial charge in [0.25, 0.3) is 0 Å². The summed E-state index contributed by atoms with van der Waals surface area (Å²) in [7, 11) is -4.28. The number of nitrogens with one attached hydrogen (secondary N) is 1. The number of sulfonamides is 1. The fraction of sp³-hybridized carbons (Fsp3) is 0.583. The first-order valence-electron chi connectivity index (χ1n) is 6.23. The number of aromatic carboxylic acids is 1. The zero-order valence-electron chi connectivity index (χ0n) is 12.0. The predicted octanol–water partition coefficient (Wildman–Crippen LogP) is 0.00634. The van der Waals surface area contributed by atoms with Gasteiger partial charge in [0, 0.05) is 0 Å². The zero-order chi connectivity index (χ0) is 16.4. The molecule has 0 aliphatic rings. The third-order valence-electron chi connectivity index (χ3n) is 3.32. The number of hydrogen-bond donors (Lipinski definition) is 4. The van der Waals surface area contributed by atoms with Crippen molar-refractivity contribution in [2.75, 3.05) is 13.2 Å². The minimum atomic E-state index is -4.28. The molecular weight excluding hydrogens is 302 g/mol. The molecule has 0 bridgehead atoms. The molecule has 1 heterocycles. The van der Waals surface area contributed by atoms with E-state index >= 15 is 0 Å². The average Bonchev–Trinajstić information content (AvgIpc) is 2.72. The molecule has 9 heteroatoms. The van der Waals surface area contributed by atoms with Crippen LogP contribution in [0, 0.1) is 13.8 Å². The maximum atomic E-state index is 12.4. The summed E-state index contributed by atoms with van der Waals surface area (Å²) in [6.07, 6.45) is 0.123. The lowest BCUT2D eigenvalue weighted by Crippen LogP contribution is -2.53. The fourth-order valence-electron chi connectivity index (χ4n) is 1.98. The highest BCUT2D eigenvalue weighted by Gasteiger charge is 2.37. The van der Waals surface area contributed by atoms with Crippen molar-refractivity contribution in [3.05, 3.63) is 17.1 Å². The summed E-state index contributed by atoms with van der Waals surface area (Å²) in [4.78, 5) is 10.7. The van der Waals surface area contributed by atoms with Gasteiger partial charge in [0.05, 0.1) is 18.8 Å². The first-order chi connectivity index (χ1) is 9.64. The van der Waals surface area contributed by atoms with Crippen LogP contribution in [0.15, 0.2) is 9.31 Å². The van der Waals surface area contributed by atoms with Crippen LogP contribution in [0.3, 0.4) is 0 Å². The van der Waals surface area contributed by atoms with Gasteiger partial charge >= 0.3 is 5.97 Å². The van der Waals surface area contributed by atoms with Gasteiger partial charge in [-0.25, -0.2) is 17.9 Å². The highest BCUT2D eigenvalue weighted by molar-refractivity contribution is 7.89. The summed E-state index contributed by atoms with van der Waals surface area (Å²) in [5.74, 6) is -1.53. The summed E-state index contributed by atoms with van der Waals surface area (Å²) in [5, 5.41) is 27.8. The smallest absolute Gasteiger partial charge is 0.340 e. The summed E-state index contributed by atoms with van der Waals surface area (Å²) in [6.45, 7) is 3.01. The molecule has 0 aliphatic heterocycles. The maximum Gasteiger partial charge on any atom is 0.340 e. The van der Waals surface area contributed by atoms with Crippen molar-refractivity contribution in [3.8, 4) is 0 Å². The van der Waals surface area contributed by atoms with E-state index in [0.29, 0.717) is 0 Å². The van der Waals surface area contributed by atoms with Gasteiger partial charge in [0.2, 0.25) is 10.0 Å². The van der Waals surface area contributed by atoms with Crippen molar-refractivity contribution < 1.29 is 32.9 Å². The largest absolute Gasteiger partial charge is 0.478 e. The number of aryl methyl sites for hydroxylation is 2. The Morgan fingerprint density at radius 1 is 1.24 bits per heavy atom. The summed E-state index contributed by atoms with van der Waals surface area (Å²) < 4.78 is 32.1. The van der Waals surface area contributed by atoms with E-state index < -0.39 is 45.2 Å². The standard InChI is InChI=1S/C12H19NO7S/c1-4-12(5-14,6-15)13-21(18,19)10-8(3)20-7(2)9(10)11(16)17/h13-15H,4-6H2,1-3H3,(H,16,17). The number of aliphatic hydroxyl groups excluding tert-OH is 2. The Morgan fingerprint density at radius 2 is 1.76 bits per heavy atom. The molecule has 1 aromatic heterocycles. The van der Waals surface area contributed by atoms with E-state index in [2.05, 4.69) is 4.72 Å². The molecule has 0 atom stereocenters. The molecule has 0 spiro atoms. The second kappa shape index (κ2) is 6.14. The van der Waals surface area contributed by atoms with Gasteiger partial charge in [-0.05, 0) is 20.3 Å². The van der Waals surface area contributed by atoms with Crippen molar-refractivity contribution in [2.24, 2.45) is 0 Å². The van der Waals surface area contributed by atoms with Crippen LogP contribution in [0.25, 0.3) is 0 Å². The van der Waals surface area contributed by atoms with Crippen LogP contribution in [0.2, 0.25) is 0 Å². The van der Waals surface area contributed by atoms with Crippen molar-refractivity contribution >= 4 is 16.0 Å². The van der Waals surface area contributed by atoms with Crippen molar-refractivity contribution in [3.63, 3.8) is 0 Å². The van der Waals surface area contributed by atoms with Crippen LogP contribution in [-0.4, -0.2) is 48.5 Å². The van der Waals surface area contributed by atoms with Gasteiger partial charge in [0.1, 0.15) is 22.0 Å². The van der Waals surface area contributed by atoms with E-state index in [1.165, 1.54) is 13.8 Å². The Morgan fingerprint density at radius 3 is 2.14 bits per heavy atom. The Balaban J connectivity index is 3.42. The number of carbonyl (C=O) groups is 1. The Kier molecular flexibility index (Phi) is 5.16. The number of hydrogen-bond acceptors (Lipinski definition) is 6. The first-order valence-corrected chi connectivity index (χ1v) is 7.71. The highest BCUT2D eigenvalue weighted by atomic mass is 32.2. The topological polar surface area (TPSA) is 137 Å². The summed E-state index contributed by atoms with van der Waals surface area (Å²) in [5.41, 5.74) is -1.92. The second-order valence-corrected chi connectivity index (χ2v) is 6.40. The predicted molar refractivity (Wildman–Crippen MR) is 72.7 cm³/mol. The van der Waals surface area contributed by atoms with E-state index in [0.717, 1.165) is 0 Å². The minimum absolute atomic E-state index is 0.0320. The number of rotatable bonds is 7. The lowest BCUT2D eigenvalue weighted by molar-refractivity contribution is 0.0691. The number of furan rings is 1. The Labute approximate surface area is 122 Å². The molecule has 4 N–H and O–H groups in total. The van der Waals surface area contributed by atoms with E-state index in [1.54, 1.807) is 6.92 Å². The van der Waals surface area contributed by atoms with Gasteiger partial charge in [0.15, 0.2) is 0 Å². The van der Waals surface area contributed by atoms with Crippen LogP contribution in [0.5, 0.6) is 0 Å². The van der Waals surface area contributed by atoms with Crippen LogP contribution in [0.4, 0.5) is 0 Å². The van der Waals surface area contributed by atoms with E-state index in [1.807, 2.05) is 0 Å². The summed E-state index contributed by atoms with van der Waals surface area (Å²) in [6, 6.07) is 0. The van der Waals surface area contributed by atoms with Crippen molar-refractivity contribution in [1.29, 1.82) is 0 Å². The lowest BCUT2D eigenvalue weighted by atomic mass is 10.0. The number of carboxylic acid groups (broad SMARTS) is 1. The third-order valence-corrected chi connectivity index (χ3v) is 5.05. The molecule has 120 valence electrons. The molecule has 0 aromatic carbocycles. The maximum absolute atomic E-state index is 12.4. The van der Waals surface area contributed by atoms with Gasteiger partial charge in [-0.15, -0.1) is 0 Å². The highest BCUT2D eigenvalue weighted by Crippen LogP contribution is 2.28. The molecule has 0 amide bonds. The zero-order valence-corrected chi connectivity index (χ0v) is 12.8. The van der Waals surface area contributed by atoms with Crippen molar-refractivity contribution in [2.45, 2.75) is 37.6 Å². The van der Waals surface area contributed by atoms with Crippen LogP contribution in [-0.2, 0) is 10.0 Å². The number of carboxylic acids is 1. The lowest BCUT2D eigenvalue weighted by Gasteiger charge is -2.29. The molecular formula is C12H19NO7S. The van der Waals surface area contributed by atoms with Crippen LogP contribution in [0.1, 0.15) is 35.2 Å². The molecule has 0 saturated carbocycles. The molecule has 0 aliphatic carbocycles. The second-order valence-electron chi connectivity index (χ2n) is 4.78. The molecule has 8 nitrogen and oxygen atoms in total. The molecule has 21 heavy (non-hydrogen) atoms. The first kappa shape index (κ1) is 17.6. The average molecular weight is 321 g/mol. The molecule has 1 rings (SSSR count). The van der Waals surface area contributed by atoms with E-state index in [4.69, 9.17) is 9.52 Å². The van der Waals surface area contributed by atoms with Crippen LogP contribution < -0.4 is 4.72 Å². The van der Waals surface area contributed by atoms with Crippen molar-refractivity contribution in [1.82, 2.24) is 4.72 Å². The van der Waals surface area contributed by atoms with Gasteiger partial charge in [-0.1, -0.05) is 6.92 Å².